The lowest BCUT2D eigenvalue weighted by Gasteiger charge is -2.17. The van der Waals surface area contributed by atoms with Gasteiger partial charge in [-0.05, 0) is 17.7 Å². The van der Waals surface area contributed by atoms with E-state index in [9.17, 15) is 19.3 Å². The molecule has 2 aromatic rings. The summed E-state index contributed by atoms with van der Waals surface area (Å²) in [5.74, 6) is -0.664. The third kappa shape index (κ3) is 4.07. The summed E-state index contributed by atoms with van der Waals surface area (Å²) in [6.07, 6.45) is -0.0910. The molecule has 0 aliphatic carbocycles. The molecule has 0 N–H and O–H groups in total. The molecule has 0 bridgehead atoms. The second-order valence-corrected chi connectivity index (χ2v) is 5.28. The van der Waals surface area contributed by atoms with Crippen LogP contribution in [0.2, 0.25) is 0 Å². The molecule has 0 aliphatic rings. The van der Waals surface area contributed by atoms with Crippen LogP contribution < -0.4 is 4.74 Å². The first-order chi connectivity index (χ1) is 11.4. The van der Waals surface area contributed by atoms with E-state index in [1.807, 2.05) is 0 Å². The summed E-state index contributed by atoms with van der Waals surface area (Å²) in [7, 11) is 2.94. The van der Waals surface area contributed by atoms with E-state index in [1.54, 1.807) is 31.3 Å². The van der Waals surface area contributed by atoms with Gasteiger partial charge in [-0.15, -0.1) is 0 Å². The molecule has 0 atom stereocenters. The highest BCUT2D eigenvalue weighted by Gasteiger charge is 2.18. The van der Waals surface area contributed by atoms with E-state index in [0.717, 1.165) is 0 Å². The summed E-state index contributed by atoms with van der Waals surface area (Å²) < 4.78 is 18.5. The van der Waals surface area contributed by atoms with Crippen molar-refractivity contribution in [3.05, 3.63) is 69.5 Å². The van der Waals surface area contributed by atoms with Crippen molar-refractivity contribution in [3.8, 4) is 5.75 Å². The van der Waals surface area contributed by atoms with Crippen LogP contribution in [0.25, 0.3) is 0 Å². The maximum atomic E-state index is 13.7. The Balaban J connectivity index is 2.08. The molecule has 0 spiro atoms. The summed E-state index contributed by atoms with van der Waals surface area (Å²) in [5.41, 5.74) is 0.863. The van der Waals surface area contributed by atoms with Gasteiger partial charge in [0, 0.05) is 25.2 Å². The van der Waals surface area contributed by atoms with Crippen molar-refractivity contribution in [1.82, 2.24) is 4.90 Å². The summed E-state index contributed by atoms with van der Waals surface area (Å²) in [6, 6.07) is 10.6. The fourth-order valence-electron chi connectivity index (χ4n) is 2.31. The van der Waals surface area contributed by atoms with Crippen molar-refractivity contribution in [2.75, 3.05) is 14.2 Å². The molecule has 0 aromatic heterocycles. The Morgan fingerprint density at radius 2 is 2.00 bits per heavy atom. The van der Waals surface area contributed by atoms with Crippen molar-refractivity contribution in [3.63, 3.8) is 0 Å². The maximum absolute atomic E-state index is 13.7. The molecule has 7 heteroatoms. The Hall–Kier alpha value is -2.96. The largest absolute Gasteiger partial charge is 0.494 e. The monoisotopic (exact) mass is 332 g/mol. The van der Waals surface area contributed by atoms with Gasteiger partial charge in [-0.25, -0.2) is 4.39 Å². The van der Waals surface area contributed by atoms with E-state index >= 15 is 0 Å². The lowest BCUT2D eigenvalue weighted by atomic mass is 10.1. The highest BCUT2D eigenvalue weighted by molar-refractivity contribution is 5.79. The number of hydrogen-bond acceptors (Lipinski definition) is 4. The van der Waals surface area contributed by atoms with Crippen LogP contribution in [0.4, 0.5) is 10.1 Å². The fraction of sp³-hybridized carbons (Fsp3) is 0.235. The van der Waals surface area contributed by atoms with Gasteiger partial charge in [-0.1, -0.05) is 24.3 Å². The number of halogens is 1. The number of amides is 1. The van der Waals surface area contributed by atoms with Crippen LogP contribution in [0, 0.1) is 15.9 Å². The lowest BCUT2D eigenvalue weighted by molar-refractivity contribution is -0.385. The highest BCUT2D eigenvalue weighted by Crippen LogP contribution is 2.20. The Bertz CT molecular complexity index is 764. The quantitative estimate of drug-likeness (QED) is 0.602. The zero-order valence-electron chi connectivity index (χ0n) is 13.4. The second kappa shape index (κ2) is 7.54. The third-order valence-corrected chi connectivity index (χ3v) is 3.59. The van der Waals surface area contributed by atoms with Crippen LogP contribution in [0.5, 0.6) is 5.75 Å². The molecule has 0 saturated heterocycles. The molecule has 1 amide bonds. The molecule has 0 aliphatic heterocycles. The number of methoxy groups -OCH3 is 1. The molecule has 6 nitrogen and oxygen atoms in total. The SMILES string of the molecule is COc1ccc(CN(C)C(=O)Cc2ccccc2[N+](=O)[O-])cc1F. The average molecular weight is 332 g/mol. The topological polar surface area (TPSA) is 72.7 Å². The smallest absolute Gasteiger partial charge is 0.273 e. The Kier molecular flexibility index (Phi) is 5.47. The summed E-state index contributed by atoms with van der Waals surface area (Å²) in [4.78, 5) is 24.2. The van der Waals surface area contributed by atoms with Crippen LogP contribution in [0.1, 0.15) is 11.1 Å². The number of para-hydroxylation sites is 1. The number of hydrogen-bond donors (Lipinski definition) is 0. The second-order valence-electron chi connectivity index (χ2n) is 5.28. The molecule has 2 aromatic carbocycles. The van der Waals surface area contributed by atoms with E-state index in [1.165, 1.54) is 30.2 Å². The molecule has 0 heterocycles. The van der Waals surface area contributed by atoms with Gasteiger partial charge in [0.2, 0.25) is 5.91 Å². The minimum Gasteiger partial charge on any atom is -0.494 e. The zero-order chi connectivity index (χ0) is 17.7. The number of nitro benzene ring substituents is 1. The average Bonchev–Trinajstić information content (AvgIpc) is 2.55. The minimum atomic E-state index is -0.512. The minimum absolute atomic E-state index is 0.0882. The molecule has 24 heavy (non-hydrogen) atoms. The van der Waals surface area contributed by atoms with E-state index in [2.05, 4.69) is 0 Å². The van der Waals surface area contributed by atoms with Gasteiger partial charge in [-0.2, -0.15) is 0 Å². The number of ether oxygens (including phenoxy) is 1. The van der Waals surface area contributed by atoms with E-state index < -0.39 is 10.7 Å². The molecule has 0 unspecified atom stereocenters. The van der Waals surface area contributed by atoms with Crippen molar-refractivity contribution in [1.29, 1.82) is 0 Å². The lowest BCUT2D eigenvalue weighted by Crippen LogP contribution is -2.28. The normalized spacial score (nSPS) is 10.3. The molecule has 0 saturated carbocycles. The van der Waals surface area contributed by atoms with Gasteiger partial charge in [-0.3, -0.25) is 14.9 Å². The zero-order valence-corrected chi connectivity index (χ0v) is 13.4. The number of likely N-dealkylation sites (N-methyl/N-ethyl adjacent to an activating group) is 1. The Labute approximate surface area is 138 Å². The molecular formula is C17H17FN2O4. The first kappa shape index (κ1) is 17.4. The molecule has 0 fully saturated rings. The van der Waals surface area contributed by atoms with Crippen LogP contribution in [0.15, 0.2) is 42.5 Å². The van der Waals surface area contributed by atoms with Gasteiger partial charge in [0.15, 0.2) is 11.6 Å². The molecule has 0 radical (unpaired) electrons. The number of benzene rings is 2. The van der Waals surface area contributed by atoms with E-state index in [-0.39, 0.29) is 30.3 Å². The standard InChI is InChI=1S/C17H17FN2O4/c1-19(11-12-7-8-16(24-2)14(18)9-12)17(21)10-13-5-3-4-6-15(13)20(22)23/h3-9H,10-11H2,1-2H3. The maximum Gasteiger partial charge on any atom is 0.273 e. The molecular weight excluding hydrogens is 315 g/mol. The van der Waals surface area contributed by atoms with Crippen molar-refractivity contribution in [2.45, 2.75) is 13.0 Å². The number of rotatable bonds is 6. The van der Waals surface area contributed by atoms with Crippen molar-refractivity contribution >= 4 is 11.6 Å². The Morgan fingerprint density at radius 3 is 2.62 bits per heavy atom. The predicted octanol–water partition coefficient (Wildman–Crippen LogP) is 2.94. The van der Waals surface area contributed by atoms with E-state index in [0.29, 0.717) is 11.1 Å². The van der Waals surface area contributed by atoms with Crippen molar-refractivity contribution < 1.29 is 18.8 Å². The molecule has 126 valence electrons. The first-order valence-electron chi connectivity index (χ1n) is 7.21. The van der Waals surface area contributed by atoms with Crippen LogP contribution in [-0.2, 0) is 17.8 Å². The number of carbonyl (C=O) groups is 1. The van der Waals surface area contributed by atoms with Crippen LogP contribution in [-0.4, -0.2) is 29.9 Å². The van der Waals surface area contributed by atoms with Gasteiger partial charge >= 0.3 is 0 Å². The van der Waals surface area contributed by atoms with Gasteiger partial charge in [0.05, 0.1) is 18.5 Å². The number of nitrogens with zero attached hydrogens (tertiary/aromatic N) is 2. The third-order valence-electron chi connectivity index (χ3n) is 3.59. The van der Waals surface area contributed by atoms with Crippen molar-refractivity contribution in [2.24, 2.45) is 0 Å². The summed E-state index contributed by atoms with van der Waals surface area (Å²) in [6.45, 7) is 0.195. The predicted molar refractivity (Wildman–Crippen MR) is 86.2 cm³/mol. The number of carbonyl (C=O) groups excluding carboxylic acids is 1. The summed E-state index contributed by atoms with van der Waals surface area (Å²) >= 11 is 0. The van der Waals surface area contributed by atoms with E-state index in [4.69, 9.17) is 4.74 Å². The van der Waals surface area contributed by atoms with Crippen LogP contribution in [0.3, 0.4) is 0 Å². The van der Waals surface area contributed by atoms with Gasteiger partial charge in [0.1, 0.15) is 0 Å². The first-order valence-corrected chi connectivity index (χ1v) is 7.21. The Morgan fingerprint density at radius 1 is 1.29 bits per heavy atom. The van der Waals surface area contributed by atoms with Crippen LogP contribution >= 0.6 is 0 Å². The van der Waals surface area contributed by atoms with Gasteiger partial charge < -0.3 is 9.64 Å². The highest BCUT2D eigenvalue weighted by atomic mass is 19.1. The fourth-order valence-corrected chi connectivity index (χ4v) is 2.31. The summed E-state index contributed by atoms with van der Waals surface area (Å²) in [5, 5.41) is 11.0. The molecule has 2 rings (SSSR count). The number of nitro groups is 1. The van der Waals surface area contributed by atoms with Gasteiger partial charge in [0.25, 0.3) is 5.69 Å².